The molecule has 3 nitrogen and oxygen atoms in total. The van der Waals surface area contributed by atoms with E-state index in [9.17, 15) is 0 Å². The molecule has 0 saturated heterocycles. The van der Waals surface area contributed by atoms with Gasteiger partial charge in [-0.25, -0.2) is 9.98 Å². The third-order valence-electron chi connectivity index (χ3n) is 1.82. The zero-order valence-corrected chi connectivity index (χ0v) is 9.67. The number of nitrogens with zero attached hydrogens (tertiary/aromatic N) is 3. The lowest BCUT2D eigenvalue weighted by atomic mass is 10.2. The average Bonchev–Trinajstić information content (AvgIpc) is 2.43. The van der Waals surface area contributed by atoms with Crippen LogP contribution in [0.1, 0.15) is 26.2 Å². The third kappa shape index (κ3) is 3.14. The lowest BCUT2D eigenvalue weighted by molar-refractivity contribution is 0.560. The zero-order valence-electron chi connectivity index (χ0n) is 8.92. The van der Waals surface area contributed by atoms with Gasteiger partial charge in [0.2, 0.25) is 0 Å². The van der Waals surface area contributed by atoms with Crippen LogP contribution in [-0.4, -0.2) is 30.0 Å². The molecule has 0 bridgehead atoms. The zero-order chi connectivity index (χ0) is 10.6. The fourth-order valence-electron chi connectivity index (χ4n) is 1.15. The first-order valence-corrected chi connectivity index (χ1v) is 5.21. The highest BCUT2D eigenvalue weighted by molar-refractivity contribution is 6.71. The summed E-state index contributed by atoms with van der Waals surface area (Å²) in [5.41, 5.74) is 0.766. The third-order valence-corrected chi connectivity index (χ3v) is 2.10. The summed E-state index contributed by atoms with van der Waals surface area (Å²) in [5, 5.41) is 0.504. The molecule has 0 radical (unpaired) electrons. The summed E-state index contributed by atoms with van der Waals surface area (Å²) >= 11 is 5.94. The molecule has 0 amide bonds. The number of rotatable bonds is 4. The standard InChI is InChI=1S/C10H16ClN3/c1-4-5-6-9-12-8(7-14(2)3)10(11)13-9/h7H,4-6H2,1-3H3/b8-7+. The van der Waals surface area contributed by atoms with Gasteiger partial charge >= 0.3 is 0 Å². The fraction of sp³-hybridized carbons (Fsp3) is 0.600. The van der Waals surface area contributed by atoms with Crippen molar-refractivity contribution in [3.8, 4) is 0 Å². The molecule has 0 atom stereocenters. The molecule has 0 aromatic carbocycles. The van der Waals surface area contributed by atoms with E-state index in [0.717, 1.165) is 30.8 Å². The lowest BCUT2D eigenvalue weighted by Crippen LogP contribution is -2.03. The van der Waals surface area contributed by atoms with Crippen molar-refractivity contribution in [2.24, 2.45) is 9.98 Å². The SMILES string of the molecule is CCCCC1=N/C(=C/N(C)C)C(Cl)=N1. The molecule has 0 spiro atoms. The van der Waals surface area contributed by atoms with Crippen LogP contribution in [0, 0.1) is 0 Å². The van der Waals surface area contributed by atoms with Crippen molar-refractivity contribution in [2.75, 3.05) is 14.1 Å². The average molecular weight is 214 g/mol. The van der Waals surface area contributed by atoms with Gasteiger partial charge in [-0.1, -0.05) is 24.9 Å². The molecule has 0 N–H and O–H groups in total. The van der Waals surface area contributed by atoms with Crippen LogP contribution < -0.4 is 0 Å². The van der Waals surface area contributed by atoms with E-state index in [-0.39, 0.29) is 0 Å². The van der Waals surface area contributed by atoms with E-state index in [1.165, 1.54) is 0 Å². The van der Waals surface area contributed by atoms with Gasteiger partial charge in [-0.05, 0) is 6.42 Å². The van der Waals surface area contributed by atoms with E-state index in [1.54, 1.807) is 0 Å². The van der Waals surface area contributed by atoms with E-state index in [4.69, 9.17) is 11.6 Å². The maximum Gasteiger partial charge on any atom is 0.158 e. The first-order chi connectivity index (χ1) is 6.63. The molecule has 0 aromatic rings. The van der Waals surface area contributed by atoms with Crippen molar-refractivity contribution in [1.29, 1.82) is 0 Å². The Balaban J connectivity index is 2.66. The Morgan fingerprint density at radius 3 is 2.64 bits per heavy atom. The van der Waals surface area contributed by atoms with Gasteiger partial charge in [0.1, 0.15) is 11.5 Å². The maximum absolute atomic E-state index is 5.94. The number of hydrogen-bond donors (Lipinski definition) is 0. The molecule has 1 heterocycles. The molecular weight excluding hydrogens is 198 g/mol. The second-order valence-electron chi connectivity index (χ2n) is 3.51. The molecule has 1 rings (SSSR count). The van der Waals surface area contributed by atoms with Crippen LogP contribution in [-0.2, 0) is 0 Å². The van der Waals surface area contributed by atoms with E-state index < -0.39 is 0 Å². The van der Waals surface area contributed by atoms with Crippen molar-refractivity contribution >= 4 is 22.6 Å². The van der Waals surface area contributed by atoms with E-state index >= 15 is 0 Å². The first kappa shape index (κ1) is 11.2. The molecule has 0 unspecified atom stereocenters. The summed E-state index contributed by atoms with van der Waals surface area (Å²) in [6.45, 7) is 2.15. The Morgan fingerprint density at radius 2 is 2.07 bits per heavy atom. The highest BCUT2D eigenvalue weighted by Crippen LogP contribution is 2.16. The Hall–Kier alpha value is -0.830. The first-order valence-electron chi connectivity index (χ1n) is 4.84. The van der Waals surface area contributed by atoms with Crippen LogP contribution in [0.3, 0.4) is 0 Å². The smallest absolute Gasteiger partial charge is 0.158 e. The van der Waals surface area contributed by atoms with Gasteiger partial charge < -0.3 is 4.90 Å². The minimum Gasteiger partial charge on any atom is -0.382 e. The molecule has 0 saturated carbocycles. The number of allylic oxidation sites excluding steroid dienone is 1. The Bertz CT molecular complexity index is 290. The summed E-state index contributed by atoms with van der Waals surface area (Å²) in [6, 6.07) is 0. The summed E-state index contributed by atoms with van der Waals surface area (Å²) in [6.07, 6.45) is 5.06. The summed E-state index contributed by atoms with van der Waals surface area (Å²) in [4.78, 5) is 10.5. The van der Waals surface area contributed by atoms with Gasteiger partial charge in [-0.3, -0.25) is 0 Å². The predicted octanol–water partition coefficient (Wildman–Crippen LogP) is 2.63. The molecule has 0 aromatic heterocycles. The number of aliphatic imine (C=N–C) groups is 2. The van der Waals surface area contributed by atoms with Crippen LogP contribution >= 0.6 is 11.6 Å². The number of halogens is 1. The molecular formula is C10H16ClN3. The second kappa shape index (κ2) is 5.15. The summed E-state index contributed by atoms with van der Waals surface area (Å²) in [7, 11) is 3.88. The predicted molar refractivity (Wildman–Crippen MR) is 62.0 cm³/mol. The Labute approximate surface area is 90.2 Å². The number of hydrogen-bond acceptors (Lipinski definition) is 3. The number of amidine groups is 1. The van der Waals surface area contributed by atoms with E-state index in [2.05, 4.69) is 16.9 Å². The van der Waals surface area contributed by atoms with Crippen molar-refractivity contribution in [3.05, 3.63) is 11.9 Å². The van der Waals surface area contributed by atoms with Crippen molar-refractivity contribution in [2.45, 2.75) is 26.2 Å². The van der Waals surface area contributed by atoms with E-state index in [1.807, 2.05) is 25.2 Å². The topological polar surface area (TPSA) is 28.0 Å². The molecule has 1 aliphatic heterocycles. The van der Waals surface area contributed by atoms with E-state index in [0.29, 0.717) is 5.17 Å². The molecule has 1 aliphatic rings. The number of unbranched alkanes of at least 4 members (excludes halogenated alkanes) is 1. The quantitative estimate of drug-likeness (QED) is 0.706. The largest absolute Gasteiger partial charge is 0.382 e. The summed E-state index contributed by atoms with van der Waals surface area (Å²) in [5.74, 6) is 0.852. The highest BCUT2D eigenvalue weighted by Gasteiger charge is 2.13. The van der Waals surface area contributed by atoms with Gasteiger partial charge in [0.05, 0.1) is 0 Å². The Kier molecular flexibility index (Phi) is 4.14. The highest BCUT2D eigenvalue weighted by atomic mass is 35.5. The molecule has 4 heteroatoms. The summed E-state index contributed by atoms with van der Waals surface area (Å²) < 4.78 is 0. The molecule has 0 aliphatic carbocycles. The Morgan fingerprint density at radius 1 is 1.36 bits per heavy atom. The molecule has 0 fully saturated rings. The molecule has 78 valence electrons. The van der Waals surface area contributed by atoms with Gasteiger partial charge in [0.15, 0.2) is 5.17 Å². The van der Waals surface area contributed by atoms with Gasteiger partial charge in [-0.15, -0.1) is 0 Å². The lowest BCUT2D eigenvalue weighted by Gasteiger charge is -2.03. The fourth-order valence-corrected chi connectivity index (χ4v) is 1.34. The maximum atomic E-state index is 5.94. The monoisotopic (exact) mass is 213 g/mol. The minimum atomic E-state index is 0.504. The van der Waals surface area contributed by atoms with Crippen LogP contribution in [0.25, 0.3) is 0 Å². The molecule has 14 heavy (non-hydrogen) atoms. The minimum absolute atomic E-state index is 0.504. The van der Waals surface area contributed by atoms with Gasteiger partial charge in [-0.2, -0.15) is 0 Å². The van der Waals surface area contributed by atoms with Crippen LogP contribution in [0.5, 0.6) is 0 Å². The van der Waals surface area contributed by atoms with Crippen molar-refractivity contribution in [1.82, 2.24) is 4.90 Å². The van der Waals surface area contributed by atoms with Gasteiger partial charge in [0, 0.05) is 26.7 Å². The normalized spacial score (nSPS) is 18.4. The van der Waals surface area contributed by atoms with Crippen LogP contribution in [0.4, 0.5) is 0 Å². The van der Waals surface area contributed by atoms with Crippen molar-refractivity contribution in [3.63, 3.8) is 0 Å². The van der Waals surface area contributed by atoms with Crippen LogP contribution in [0.15, 0.2) is 21.9 Å². The van der Waals surface area contributed by atoms with Crippen LogP contribution in [0.2, 0.25) is 0 Å². The van der Waals surface area contributed by atoms with Crippen molar-refractivity contribution < 1.29 is 0 Å². The second-order valence-corrected chi connectivity index (χ2v) is 3.87. The van der Waals surface area contributed by atoms with Gasteiger partial charge in [0.25, 0.3) is 0 Å².